The Labute approximate surface area is 197 Å². The Morgan fingerprint density at radius 2 is 1.50 bits per heavy atom. The molecule has 0 amide bonds. The van der Waals surface area contributed by atoms with Crippen LogP contribution in [0.5, 0.6) is 0 Å². The Kier molecular flexibility index (Phi) is 5.19. The van der Waals surface area contributed by atoms with Crippen LogP contribution >= 0.6 is 0 Å². The summed E-state index contributed by atoms with van der Waals surface area (Å²) in [6.45, 7) is 19.8. The minimum absolute atomic E-state index is 0.0344. The molecule has 0 saturated heterocycles. The topological polar surface area (TPSA) is 40.5 Å². The molecule has 5 aliphatic rings. The monoisotopic (exact) mass is 442 g/mol. The van der Waals surface area contributed by atoms with E-state index in [2.05, 4.69) is 48.1 Å². The molecular formula is C30H50O2. The third-order valence-corrected chi connectivity index (χ3v) is 13.6. The molecular weight excluding hydrogens is 392 g/mol. The Hall–Kier alpha value is -0.340. The summed E-state index contributed by atoms with van der Waals surface area (Å²) in [6.07, 6.45) is 12.7. The summed E-state index contributed by atoms with van der Waals surface area (Å²) in [4.78, 5) is 0. The van der Waals surface area contributed by atoms with Crippen LogP contribution in [0.4, 0.5) is 0 Å². The molecule has 0 aromatic carbocycles. The normalized spacial score (nSPS) is 56.5. The minimum Gasteiger partial charge on any atom is -0.393 e. The molecule has 182 valence electrons. The van der Waals surface area contributed by atoms with Gasteiger partial charge in [-0.2, -0.15) is 0 Å². The Morgan fingerprint density at radius 3 is 2.19 bits per heavy atom. The summed E-state index contributed by atoms with van der Waals surface area (Å²) in [5, 5.41) is 20.9. The van der Waals surface area contributed by atoms with Crippen molar-refractivity contribution in [3.05, 3.63) is 12.2 Å². The number of hydrogen-bond donors (Lipinski definition) is 2. The summed E-state index contributed by atoms with van der Waals surface area (Å²) >= 11 is 0. The predicted octanol–water partition coefficient (Wildman–Crippen LogP) is 7.00. The molecule has 0 bridgehead atoms. The highest BCUT2D eigenvalue weighted by molar-refractivity contribution is 5.21. The second kappa shape index (κ2) is 7.09. The lowest BCUT2D eigenvalue weighted by Gasteiger charge is -2.73. The van der Waals surface area contributed by atoms with Crippen molar-refractivity contribution in [1.82, 2.24) is 0 Å². The number of hydrogen-bond acceptors (Lipinski definition) is 2. The van der Waals surface area contributed by atoms with Crippen LogP contribution in [0.3, 0.4) is 0 Å². The number of aliphatic hydroxyl groups excluding tert-OH is 2. The van der Waals surface area contributed by atoms with Crippen molar-refractivity contribution >= 4 is 0 Å². The lowest BCUT2D eigenvalue weighted by molar-refractivity contribution is -0.246. The van der Waals surface area contributed by atoms with Gasteiger partial charge in [0.25, 0.3) is 0 Å². The molecule has 0 aromatic rings. The van der Waals surface area contributed by atoms with Gasteiger partial charge in [-0.25, -0.2) is 0 Å². The van der Waals surface area contributed by atoms with Crippen LogP contribution in [-0.4, -0.2) is 22.9 Å². The number of aliphatic hydroxyl groups is 2. The van der Waals surface area contributed by atoms with Crippen molar-refractivity contribution in [2.45, 2.75) is 112 Å². The van der Waals surface area contributed by atoms with Crippen molar-refractivity contribution in [2.24, 2.45) is 56.7 Å². The van der Waals surface area contributed by atoms with Gasteiger partial charge in [-0.3, -0.25) is 0 Å². The Morgan fingerprint density at radius 1 is 0.781 bits per heavy atom. The van der Waals surface area contributed by atoms with E-state index in [9.17, 15) is 10.2 Å². The first kappa shape index (κ1) is 23.4. The van der Waals surface area contributed by atoms with Gasteiger partial charge in [-0.15, -0.1) is 0 Å². The summed E-state index contributed by atoms with van der Waals surface area (Å²) in [7, 11) is 0. The zero-order chi connectivity index (χ0) is 23.3. The van der Waals surface area contributed by atoms with Gasteiger partial charge in [0.15, 0.2) is 0 Å². The van der Waals surface area contributed by atoms with Gasteiger partial charge in [0, 0.05) is 0 Å². The highest BCUT2D eigenvalue weighted by atomic mass is 16.3. The van der Waals surface area contributed by atoms with Gasteiger partial charge in [-0.1, -0.05) is 48.1 Å². The molecule has 2 heteroatoms. The van der Waals surface area contributed by atoms with Gasteiger partial charge >= 0.3 is 0 Å². The van der Waals surface area contributed by atoms with Crippen LogP contribution < -0.4 is 0 Å². The van der Waals surface area contributed by atoms with Crippen molar-refractivity contribution < 1.29 is 10.2 Å². The van der Waals surface area contributed by atoms with Crippen LogP contribution in [0.2, 0.25) is 0 Å². The first-order valence-electron chi connectivity index (χ1n) is 13.8. The number of rotatable bonds is 2. The van der Waals surface area contributed by atoms with Crippen LogP contribution in [-0.2, 0) is 0 Å². The minimum atomic E-state index is -0.143. The lowest BCUT2D eigenvalue weighted by atomic mass is 9.32. The first-order valence-corrected chi connectivity index (χ1v) is 13.8. The summed E-state index contributed by atoms with van der Waals surface area (Å²) in [5.74, 6) is 3.39. The molecule has 10 atom stereocenters. The summed E-state index contributed by atoms with van der Waals surface area (Å²) < 4.78 is 0. The summed E-state index contributed by atoms with van der Waals surface area (Å²) in [5.41, 5.74) is 2.70. The van der Waals surface area contributed by atoms with E-state index in [0.29, 0.717) is 39.4 Å². The van der Waals surface area contributed by atoms with Crippen molar-refractivity contribution in [3.63, 3.8) is 0 Å². The van der Waals surface area contributed by atoms with Crippen molar-refractivity contribution in [2.75, 3.05) is 6.61 Å². The highest BCUT2D eigenvalue weighted by Gasteiger charge is 2.70. The average Bonchev–Trinajstić information content (AvgIpc) is 3.09. The fourth-order valence-corrected chi connectivity index (χ4v) is 11.5. The molecule has 5 saturated carbocycles. The molecule has 0 heterocycles. The average molecular weight is 443 g/mol. The molecule has 2 nitrogen and oxygen atoms in total. The van der Waals surface area contributed by atoms with E-state index in [4.69, 9.17) is 0 Å². The molecule has 5 fully saturated rings. The number of fused-ring (bicyclic) bond motifs is 7. The third-order valence-electron chi connectivity index (χ3n) is 13.6. The smallest absolute Gasteiger partial charge is 0.0641 e. The molecule has 32 heavy (non-hydrogen) atoms. The standard InChI is InChI=1S/C30H50O2/c1-19(18-31)20-10-13-27(4)16-17-29(6)21(25(20)27)8-9-23-28(5)14-12-24(32)26(2,3)22(28)11-15-30(23,29)7/h20-25,31-32H,1,8-18H2,2-7H3/t20?,21-,22?,23-,24+,25-,27-,28+,29-,30-/m1/s1. The maximum atomic E-state index is 10.9. The summed E-state index contributed by atoms with van der Waals surface area (Å²) in [6, 6.07) is 0. The maximum absolute atomic E-state index is 10.9. The predicted molar refractivity (Wildman–Crippen MR) is 132 cm³/mol. The third kappa shape index (κ3) is 2.72. The highest BCUT2D eigenvalue weighted by Crippen LogP contribution is 2.77. The van der Waals surface area contributed by atoms with E-state index in [-0.39, 0.29) is 18.1 Å². The molecule has 2 unspecified atom stereocenters. The fraction of sp³-hybridized carbons (Fsp3) is 0.933. The van der Waals surface area contributed by atoms with Crippen LogP contribution in [0.1, 0.15) is 106 Å². The SMILES string of the molecule is C=C(CO)C1CC[C@]2(C)CC[C@]3(C)[C@H](CC[C@@H]4[C@@]5(C)CC[C@H](O)C(C)(C)C5CC[C@]43C)[C@@H]12. The van der Waals surface area contributed by atoms with Gasteiger partial charge in [0.1, 0.15) is 0 Å². The van der Waals surface area contributed by atoms with E-state index in [1.165, 1.54) is 57.8 Å². The van der Waals surface area contributed by atoms with Gasteiger partial charge in [-0.05, 0) is 126 Å². The molecule has 5 rings (SSSR count). The Bertz CT molecular complexity index is 786. The van der Waals surface area contributed by atoms with Crippen LogP contribution in [0.15, 0.2) is 12.2 Å². The largest absolute Gasteiger partial charge is 0.393 e. The quantitative estimate of drug-likeness (QED) is 0.452. The molecule has 0 radical (unpaired) electrons. The van der Waals surface area contributed by atoms with Crippen LogP contribution in [0.25, 0.3) is 0 Å². The van der Waals surface area contributed by atoms with Gasteiger partial charge < -0.3 is 10.2 Å². The van der Waals surface area contributed by atoms with Gasteiger partial charge in [0.2, 0.25) is 0 Å². The second-order valence-corrected chi connectivity index (χ2v) is 14.7. The Balaban J connectivity index is 1.53. The molecule has 0 aliphatic heterocycles. The zero-order valence-electron chi connectivity index (χ0n) is 21.8. The first-order chi connectivity index (χ1) is 14.8. The van der Waals surface area contributed by atoms with E-state index in [0.717, 1.165) is 23.8 Å². The van der Waals surface area contributed by atoms with Crippen LogP contribution in [0, 0.1) is 56.7 Å². The van der Waals surface area contributed by atoms with E-state index >= 15 is 0 Å². The maximum Gasteiger partial charge on any atom is 0.0641 e. The van der Waals surface area contributed by atoms with E-state index in [1.54, 1.807) is 0 Å². The van der Waals surface area contributed by atoms with E-state index in [1.807, 2.05) is 0 Å². The molecule has 5 aliphatic carbocycles. The lowest BCUT2D eigenvalue weighted by Crippen LogP contribution is -2.66. The molecule has 0 aromatic heterocycles. The molecule has 2 N–H and O–H groups in total. The van der Waals surface area contributed by atoms with Gasteiger partial charge in [0.05, 0.1) is 12.7 Å². The second-order valence-electron chi connectivity index (χ2n) is 14.7. The zero-order valence-corrected chi connectivity index (χ0v) is 21.8. The van der Waals surface area contributed by atoms with Crippen molar-refractivity contribution in [1.29, 1.82) is 0 Å². The van der Waals surface area contributed by atoms with Crippen molar-refractivity contribution in [3.8, 4) is 0 Å². The fourth-order valence-electron chi connectivity index (χ4n) is 11.5. The van der Waals surface area contributed by atoms with E-state index < -0.39 is 0 Å². The molecule has 0 spiro atoms.